The fourth-order valence-electron chi connectivity index (χ4n) is 1.41. The SMILES string of the molecule is c1ccc(-c2nnc(SCc3ncco3)o2)cc1. The van der Waals surface area contributed by atoms with Crippen LogP contribution >= 0.6 is 11.8 Å². The van der Waals surface area contributed by atoms with Crippen LogP contribution in [-0.4, -0.2) is 15.2 Å². The normalized spacial score (nSPS) is 10.7. The van der Waals surface area contributed by atoms with E-state index < -0.39 is 0 Å². The molecule has 0 aliphatic heterocycles. The van der Waals surface area contributed by atoms with E-state index in [9.17, 15) is 0 Å². The molecule has 0 saturated carbocycles. The molecule has 5 nitrogen and oxygen atoms in total. The first-order valence-electron chi connectivity index (χ1n) is 5.32. The minimum absolute atomic E-state index is 0.507. The standard InChI is InChI=1S/C12H9N3O2S/c1-2-4-9(5-3-1)11-14-15-12(17-11)18-8-10-13-6-7-16-10/h1-7H,8H2. The molecule has 18 heavy (non-hydrogen) atoms. The van der Waals surface area contributed by atoms with Gasteiger partial charge < -0.3 is 8.83 Å². The summed E-state index contributed by atoms with van der Waals surface area (Å²) in [5.41, 5.74) is 0.910. The molecule has 0 unspecified atom stereocenters. The molecular formula is C12H9N3O2S. The minimum Gasteiger partial charge on any atom is -0.448 e. The Morgan fingerprint density at radius 1 is 1.11 bits per heavy atom. The van der Waals surface area contributed by atoms with Crippen LogP contribution in [-0.2, 0) is 5.75 Å². The lowest BCUT2D eigenvalue weighted by Crippen LogP contribution is -1.79. The molecule has 2 aromatic heterocycles. The van der Waals surface area contributed by atoms with E-state index in [1.54, 1.807) is 12.5 Å². The monoisotopic (exact) mass is 259 g/mol. The summed E-state index contributed by atoms with van der Waals surface area (Å²) in [5, 5.41) is 8.47. The molecule has 0 atom stereocenters. The predicted octanol–water partition coefficient (Wildman–Crippen LogP) is 3.02. The summed E-state index contributed by atoms with van der Waals surface area (Å²) in [6, 6.07) is 9.66. The zero-order valence-electron chi connectivity index (χ0n) is 9.31. The number of hydrogen-bond donors (Lipinski definition) is 0. The maximum absolute atomic E-state index is 5.54. The molecule has 6 heteroatoms. The van der Waals surface area contributed by atoms with Crippen molar-refractivity contribution in [3.8, 4) is 11.5 Å². The lowest BCUT2D eigenvalue weighted by molar-refractivity contribution is 0.464. The van der Waals surface area contributed by atoms with Crippen molar-refractivity contribution in [1.29, 1.82) is 0 Å². The Balaban J connectivity index is 1.70. The van der Waals surface area contributed by atoms with Crippen LogP contribution in [0.5, 0.6) is 0 Å². The van der Waals surface area contributed by atoms with Gasteiger partial charge >= 0.3 is 0 Å². The second-order valence-corrected chi connectivity index (χ2v) is 4.38. The van der Waals surface area contributed by atoms with E-state index in [2.05, 4.69) is 15.2 Å². The first-order valence-corrected chi connectivity index (χ1v) is 6.30. The van der Waals surface area contributed by atoms with Crippen LogP contribution in [0.15, 0.2) is 56.8 Å². The molecule has 90 valence electrons. The molecule has 0 N–H and O–H groups in total. The van der Waals surface area contributed by atoms with Gasteiger partial charge in [-0.3, -0.25) is 0 Å². The van der Waals surface area contributed by atoms with E-state index >= 15 is 0 Å². The van der Waals surface area contributed by atoms with Crippen LogP contribution in [0.2, 0.25) is 0 Å². The fourth-order valence-corrected chi connectivity index (χ4v) is 2.04. The zero-order chi connectivity index (χ0) is 12.2. The third kappa shape index (κ3) is 2.43. The number of aromatic nitrogens is 3. The van der Waals surface area contributed by atoms with Crippen LogP contribution in [0.3, 0.4) is 0 Å². The summed E-state index contributed by atoms with van der Waals surface area (Å²) in [7, 11) is 0. The van der Waals surface area contributed by atoms with Crippen molar-refractivity contribution in [2.24, 2.45) is 0 Å². The van der Waals surface area contributed by atoms with E-state index in [0.717, 1.165) is 5.56 Å². The van der Waals surface area contributed by atoms with Gasteiger partial charge in [-0.1, -0.05) is 30.0 Å². The van der Waals surface area contributed by atoms with Crippen molar-refractivity contribution in [2.75, 3.05) is 0 Å². The van der Waals surface area contributed by atoms with Crippen molar-refractivity contribution in [1.82, 2.24) is 15.2 Å². The average Bonchev–Trinajstić information content (AvgIpc) is 3.09. The van der Waals surface area contributed by atoms with Crippen LogP contribution < -0.4 is 0 Å². The highest BCUT2D eigenvalue weighted by Gasteiger charge is 2.09. The Hall–Kier alpha value is -2.08. The predicted molar refractivity (Wildman–Crippen MR) is 65.8 cm³/mol. The van der Waals surface area contributed by atoms with Gasteiger partial charge in [0.2, 0.25) is 11.8 Å². The number of rotatable bonds is 4. The zero-order valence-corrected chi connectivity index (χ0v) is 10.1. The lowest BCUT2D eigenvalue weighted by Gasteiger charge is -1.92. The maximum atomic E-state index is 5.54. The van der Waals surface area contributed by atoms with E-state index in [1.807, 2.05) is 30.3 Å². The molecule has 3 rings (SSSR count). The number of benzene rings is 1. The molecule has 0 bridgehead atoms. The van der Waals surface area contributed by atoms with E-state index in [0.29, 0.717) is 22.8 Å². The number of oxazole rings is 1. The highest BCUT2D eigenvalue weighted by atomic mass is 32.2. The molecule has 0 fully saturated rings. The van der Waals surface area contributed by atoms with Gasteiger partial charge in [0.25, 0.3) is 5.22 Å². The Bertz CT molecular complexity index is 607. The van der Waals surface area contributed by atoms with Gasteiger partial charge in [0, 0.05) is 5.56 Å². The van der Waals surface area contributed by atoms with Gasteiger partial charge in [-0.15, -0.1) is 10.2 Å². The highest BCUT2D eigenvalue weighted by Crippen LogP contribution is 2.24. The highest BCUT2D eigenvalue weighted by molar-refractivity contribution is 7.98. The topological polar surface area (TPSA) is 65.0 Å². The summed E-state index contributed by atoms with van der Waals surface area (Å²) >= 11 is 1.40. The molecule has 0 radical (unpaired) electrons. The third-order valence-corrected chi connectivity index (χ3v) is 3.03. The molecule has 0 saturated heterocycles. The smallest absolute Gasteiger partial charge is 0.277 e. The molecule has 3 aromatic rings. The van der Waals surface area contributed by atoms with Gasteiger partial charge in [-0.25, -0.2) is 4.98 Å². The Kier molecular flexibility index (Phi) is 3.10. The average molecular weight is 259 g/mol. The molecule has 0 aliphatic rings. The summed E-state index contributed by atoms with van der Waals surface area (Å²) < 4.78 is 10.7. The van der Waals surface area contributed by atoms with Gasteiger partial charge in [-0.2, -0.15) is 0 Å². The van der Waals surface area contributed by atoms with Gasteiger partial charge in [0.1, 0.15) is 6.26 Å². The second kappa shape index (κ2) is 5.05. The summed E-state index contributed by atoms with van der Waals surface area (Å²) in [5.74, 6) is 1.73. The molecule has 1 aromatic carbocycles. The molecule has 0 aliphatic carbocycles. The largest absolute Gasteiger partial charge is 0.448 e. The van der Waals surface area contributed by atoms with E-state index in [1.165, 1.54) is 11.8 Å². The minimum atomic E-state index is 0.507. The van der Waals surface area contributed by atoms with Crippen molar-refractivity contribution in [3.05, 3.63) is 48.7 Å². The summed E-state index contributed by atoms with van der Waals surface area (Å²) in [4.78, 5) is 4.02. The van der Waals surface area contributed by atoms with Crippen molar-refractivity contribution >= 4 is 11.8 Å². The van der Waals surface area contributed by atoms with Crippen molar-refractivity contribution in [3.63, 3.8) is 0 Å². The van der Waals surface area contributed by atoms with Gasteiger partial charge in [-0.05, 0) is 12.1 Å². The molecule has 2 heterocycles. The maximum Gasteiger partial charge on any atom is 0.277 e. The van der Waals surface area contributed by atoms with Crippen LogP contribution in [0.4, 0.5) is 0 Å². The Morgan fingerprint density at radius 2 is 2.00 bits per heavy atom. The third-order valence-electron chi connectivity index (χ3n) is 2.23. The molecule has 0 amide bonds. The van der Waals surface area contributed by atoms with E-state index in [-0.39, 0.29) is 0 Å². The Labute approximate surface area is 107 Å². The second-order valence-electron chi connectivity index (χ2n) is 3.45. The molecule has 0 spiro atoms. The number of nitrogens with zero attached hydrogens (tertiary/aromatic N) is 3. The van der Waals surface area contributed by atoms with Gasteiger partial charge in [0.15, 0.2) is 0 Å². The summed E-state index contributed by atoms with van der Waals surface area (Å²) in [6.07, 6.45) is 3.15. The summed E-state index contributed by atoms with van der Waals surface area (Å²) in [6.45, 7) is 0. The van der Waals surface area contributed by atoms with Crippen LogP contribution in [0.25, 0.3) is 11.5 Å². The molecular weight excluding hydrogens is 250 g/mol. The van der Waals surface area contributed by atoms with Crippen LogP contribution in [0.1, 0.15) is 5.89 Å². The van der Waals surface area contributed by atoms with Gasteiger partial charge in [0.05, 0.1) is 11.9 Å². The number of thioether (sulfide) groups is 1. The fraction of sp³-hybridized carbons (Fsp3) is 0.0833. The van der Waals surface area contributed by atoms with Crippen LogP contribution in [0, 0.1) is 0 Å². The quantitative estimate of drug-likeness (QED) is 0.671. The Morgan fingerprint density at radius 3 is 2.78 bits per heavy atom. The van der Waals surface area contributed by atoms with Crippen molar-refractivity contribution in [2.45, 2.75) is 11.0 Å². The first-order chi connectivity index (χ1) is 8.92. The van der Waals surface area contributed by atoms with Crippen molar-refractivity contribution < 1.29 is 8.83 Å². The first kappa shape index (κ1) is 11.0. The lowest BCUT2D eigenvalue weighted by atomic mass is 10.2. The van der Waals surface area contributed by atoms with E-state index in [4.69, 9.17) is 8.83 Å². The number of hydrogen-bond acceptors (Lipinski definition) is 6.